The molecule has 0 atom stereocenters. The van der Waals surface area contributed by atoms with E-state index >= 15 is 0 Å². The molecule has 0 unspecified atom stereocenters. The Morgan fingerprint density at radius 2 is 1.90 bits per heavy atom. The molecule has 4 nitrogen and oxygen atoms in total. The molecule has 0 aliphatic heterocycles. The fourth-order valence-electron chi connectivity index (χ4n) is 2.90. The SMILES string of the molecule is CN(C(=O)NCCCC(C)(C)CO)C1CCC(C)(C)CC1. The molecule has 0 bridgehead atoms. The molecule has 124 valence electrons. The predicted octanol–water partition coefficient (Wildman–Crippen LogP) is 3.40. The lowest BCUT2D eigenvalue weighted by Crippen LogP contribution is -2.46. The molecule has 0 spiro atoms. The summed E-state index contributed by atoms with van der Waals surface area (Å²) in [7, 11) is 1.91. The highest BCUT2D eigenvalue weighted by atomic mass is 16.3. The van der Waals surface area contributed by atoms with Crippen molar-refractivity contribution in [2.75, 3.05) is 20.2 Å². The van der Waals surface area contributed by atoms with Crippen molar-refractivity contribution in [3.8, 4) is 0 Å². The third kappa shape index (κ3) is 6.25. The highest BCUT2D eigenvalue weighted by Gasteiger charge is 2.30. The average molecular weight is 298 g/mol. The largest absolute Gasteiger partial charge is 0.396 e. The zero-order chi connectivity index (χ0) is 16.1. The zero-order valence-corrected chi connectivity index (χ0v) is 14.5. The molecule has 1 aliphatic rings. The van der Waals surface area contributed by atoms with Crippen molar-refractivity contribution >= 4 is 6.03 Å². The van der Waals surface area contributed by atoms with E-state index in [1.165, 1.54) is 12.8 Å². The van der Waals surface area contributed by atoms with Gasteiger partial charge >= 0.3 is 6.03 Å². The molecule has 2 N–H and O–H groups in total. The molecule has 1 rings (SSSR count). The van der Waals surface area contributed by atoms with Crippen LogP contribution in [0.3, 0.4) is 0 Å². The van der Waals surface area contributed by atoms with Crippen LogP contribution in [0, 0.1) is 10.8 Å². The summed E-state index contributed by atoms with van der Waals surface area (Å²) in [6.07, 6.45) is 6.43. The van der Waals surface area contributed by atoms with E-state index in [0.717, 1.165) is 25.7 Å². The molecule has 0 aromatic rings. The number of hydrogen-bond acceptors (Lipinski definition) is 2. The Balaban J connectivity index is 2.26. The Hall–Kier alpha value is -0.770. The lowest BCUT2D eigenvalue weighted by atomic mass is 9.75. The average Bonchev–Trinajstić information content (AvgIpc) is 2.42. The van der Waals surface area contributed by atoms with Gasteiger partial charge in [-0.1, -0.05) is 27.7 Å². The quantitative estimate of drug-likeness (QED) is 0.738. The maximum atomic E-state index is 12.2. The van der Waals surface area contributed by atoms with Crippen LogP contribution in [0.5, 0.6) is 0 Å². The second-order valence-corrected chi connectivity index (χ2v) is 8.16. The highest BCUT2D eigenvalue weighted by molar-refractivity contribution is 5.74. The fraction of sp³-hybridized carbons (Fsp3) is 0.941. The molecule has 1 saturated carbocycles. The summed E-state index contributed by atoms with van der Waals surface area (Å²) in [5, 5.41) is 12.2. The summed E-state index contributed by atoms with van der Waals surface area (Å²) in [5.74, 6) is 0. The van der Waals surface area contributed by atoms with Crippen LogP contribution in [-0.4, -0.2) is 42.3 Å². The summed E-state index contributed by atoms with van der Waals surface area (Å²) < 4.78 is 0. The number of amides is 2. The monoisotopic (exact) mass is 298 g/mol. The first-order valence-corrected chi connectivity index (χ1v) is 8.28. The number of carbonyl (C=O) groups is 1. The lowest BCUT2D eigenvalue weighted by Gasteiger charge is -2.38. The zero-order valence-electron chi connectivity index (χ0n) is 14.5. The number of aliphatic hydroxyl groups is 1. The van der Waals surface area contributed by atoms with E-state index in [1.54, 1.807) is 0 Å². The number of nitrogens with one attached hydrogen (secondary N) is 1. The van der Waals surface area contributed by atoms with E-state index in [9.17, 15) is 9.90 Å². The smallest absolute Gasteiger partial charge is 0.317 e. The van der Waals surface area contributed by atoms with Crippen molar-refractivity contribution in [2.24, 2.45) is 10.8 Å². The molecule has 4 heteroatoms. The Kier molecular flexibility index (Phi) is 6.51. The van der Waals surface area contributed by atoms with E-state index in [-0.39, 0.29) is 18.1 Å². The third-order valence-corrected chi connectivity index (χ3v) is 4.91. The third-order valence-electron chi connectivity index (χ3n) is 4.91. The molecule has 21 heavy (non-hydrogen) atoms. The normalized spacial score (nSPS) is 19.3. The van der Waals surface area contributed by atoms with E-state index in [1.807, 2.05) is 25.8 Å². The van der Waals surface area contributed by atoms with Crippen molar-refractivity contribution in [2.45, 2.75) is 72.3 Å². The van der Waals surface area contributed by atoms with Gasteiger partial charge in [0.25, 0.3) is 0 Å². The molecule has 0 heterocycles. The molecule has 0 radical (unpaired) electrons. The molecule has 2 amide bonds. The van der Waals surface area contributed by atoms with Crippen molar-refractivity contribution in [1.82, 2.24) is 10.2 Å². The number of hydrogen-bond donors (Lipinski definition) is 2. The Labute approximate surface area is 130 Å². The first kappa shape index (κ1) is 18.3. The van der Waals surface area contributed by atoms with E-state index in [0.29, 0.717) is 18.0 Å². The minimum Gasteiger partial charge on any atom is -0.396 e. The van der Waals surface area contributed by atoms with Crippen molar-refractivity contribution < 1.29 is 9.90 Å². The maximum absolute atomic E-state index is 12.2. The van der Waals surface area contributed by atoms with Gasteiger partial charge in [0.1, 0.15) is 0 Å². The van der Waals surface area contributed by atoms with Crippen molar-refractivity contribution in [3.63, 3.8) is 0 Å². The van der Waals surface area contributed by atoms with Gasteiger partial charge < -0.3 is 15.3 Å². The molecule has 1 aliphatic carbocycles. The van der Waals surface area contributed by atoms with Crippen LogP contribution in [0.25, 0.3) is 0 Å². The summed E-state index contributed by atoms with van der Waals surface area (Å²) >= 11 is 0. The van der Waals surface area contributed by atoms with E-state index in [2.05, 4.69) is 19.2 Å². The van der Waals surface area contributed by atoms with E-state index in [4.69, 9.17) is 0 Å². The van der Waals surface area contributed by atoms with Gasteiger partial charge in [-0.25, -0.2) is 4.79 Å². The van der Waals surface area contributed by atoms with Gasteiger partial charge in [-0.05, 0) is 49.4 Å². The van der Waals surface area contributed by atoms with Crippen molar-refractivity contribution in [3.05, 3.63) is 0 Å². The summed E-state index contributed by atoms with van der Waals surface area (Å²) in [6.45, 7) is 9.59. The van der Waals surface area contributed by atoms with Crippen LogP contribution >= 0.6 is 0 Å². The topological polar surface area (TPSA) is 52.6 Å². The summed E-state index contributed by atoms with van der Waals surface area (Å²) in [6, 6.07) is 0.424. The Bertz CT molecular complexity index is 330. The second kappa shape index (κ2) is 7.48. The van der Waals surface area contributed by atoms with Crippen LogP contribution in [0.2, 0.25) is 0 Å². The molecular formula is C17H34N2O2. The molecule has 0 aromatic heterocycles. The predicted molar refractivity (Wildman–Crippen MR) is 87.3 cm³/mol. The van der Waals surface area contributed by atoms with Crippen LogP contribution < -0.4 is 5.32 Å². The van der Waals surface area contributed by atoms with Gasteiger partial charge in [0.15, 0.2) is 0 Å². The summed E-state index contributed by atoms with van der Waals surface area (Å²) in [4.78, 5) is 14.0. The van der Waals surface area contributed by atoms with Crippen LogP contribution in [-0.2, 0) is 0 Å². The Morgan fingerprint density at radius 3 is 2.43 bits per heavy atom. The Morgan fingerprint density at radius 1 is 1.33 bits per heavy atom. The van der Waals surface area contributed by atoms with Gasteiger partial charge in [-0.3, -0.25) is 0 Å². The van der Waals surface area contributed by atoms with Crippen LogP contribution in [0.1, 0.15) is 66.2 Å². The van der Waals surface area contributed by atoms with Gasteiger partial charge in [-0.15, -0.1) is 0 Å². The standard InChI is InChI=1S/C17H34N2O2/c1-16(2)10-7-14(8-11-16)19(5)15(21)18-12-6-9-17(3,4)13-20/h14,20H,6-13H2,1-5H3,(H,18,21). The summed E-state index contributed by atoms with van der Waals surface area (Å²) in [5.41, 5.74) is 0.384. The first-order valence-electron chi connectivity index (χ1n) is 8.28. The number of nitrogens with zero attached hydrogens (tertiary/aromatic N) is 1. The van der Waals surface area contributed by atoms with Crippen LogP contribution in [0.4, 0.5) is 4.79 Å². The minimum atomic E-state index is -0.0500. The van der Waals surface area contributed by atoms with Gasteiger partial charge in [-0.2, -0.15) is 0 Å². The lowest BCUT2D eigenvalue weighted by molar-refractivity contribution is 0.133. The maximum Gasteiger partial charge on any atom is 0.317 e. The van der Waals surface area contributed by atoms with Crippen LogP contribution in [0.15, 0.2) is 0 Å². The van der Waals surface area contributed by atoms with Gasteiger partial charge in [0, 0.05) is 26.2 Å². The minimum absolute atomic E-state index is 0.0431. The van der Waals surface area contributed by atoms with Gasteiger partial charge in [0.2, 0.25) is 0 Å². The van der Waals surface area contributed by atoms with E-state index < -0.39 is 0 Å². The number of aliphatic hydroxyl groups excluding tert-OH is 1. The first-order chi connectivity index (χ1) is 9.67. The van der Waals surface area contributed by atoms with Crippen molar-refractivity contribution in [1.29, 1.82) is 0 Å². The number of rotatable bonds is 6. The number of carbonyl (C=O) groups excluding carboxylic acids is 1. The fourth-order valence-corrected chi connectivity index (χ4v) is 2.90. The molecule has 0 aromatic carbocycles. The molecule has 0 saturated heterocycles. The van der Waals surface area contributed by atoms with Gasteiger partial charge in [0.05, 0.1) is 0 Å². The second-order valence-electron chi connectivity index (χ2n) is 8.16. The molecule has 1 fully saturated rings. The number of urea groups is 1. The molecular weight excluding hydrogens is 264 g/mol. The highest BCUT2D eigenvalue weighted by Crippen LogP contribution is 2.36.